The Labute approximate surface area is 102 Å². The van der Waals surface area contributed by atoms with Crippen molar-refractivity contribution >= 4 is 0 Å². The van der Waals surface area contributed by atoms with E-state index < -0.39 is 0 Å². The summed E-state index contributed by atoms with van der Waals surface area (Å²) >= 11 is 0. The molecule has 0 spiro atoms. The largest absolute Gasteiger partial charge is 0.254 e. The van der Waals surface area contributed by atoms with Gasteiger partial charge in [-0.25, -0.2) is 4.98 Å². The van der Waals surface area contributed by atoms with Crippen molar-refractivity contribution in [2.45, 2.75) is 33.6 Å². The summed E-state index contributed by atoms with van der Waals surface area (Å²) in [6.45, 7) is 6.25. The molecule has 0 unspecified atom stereocenters. The van der Waals surface area contributed by atoms with E-state index >= 15 is 0 Å². The Morgan fingerprint density at radius 1 is 1.12 bits per heavy atom. The minimum Gasteiger partial charge on any atom is -0.254 e. The molecular weight excluding hydrogens is 208 g/mol. The highest BCUT2D eigenvalue weighted by molar-refractivity contribution is 5.72. The molecule has 86 valence electrons. The Morgan fingerprint density at radius 3 is 2.65 bits per heavy atom. The number of fused-ring (bicyclic) bond motifs is 3. The van der Waals surface area contributed by atoms with Crippen LogP contribution in [0.15, 0.2) is 18.2 Å². The van der Waals surface area contributed by atoms with Gasteiger partial charge in [0, 0.05) is 12.0 Å². The van der Waals surface area contributed by atoms with Crippen molar-refractivity contribution < 1.29 is 0 Å². The molecule has 0 atom stereocenters. The van der Waals surface area contributed by atoms with Crippen LogP contribution in [0.4, 0.5) is 0 Å². The van der Waals surface area contributed by atoms with E-state index in [1.54, 1.807) is 0 Å². The molecule has 0 radical (unpaired) electrons. The van der Waals surface area contributed by atoms with E-state index in [0.717, 1.165) is 35.6 Å². The molecule has 2 heteroatoms. The molecular formula is C15H16N2. The third-order valence-electron chi connectivity index (χ3n) is 3.57. The molecule has 0 aliphatic heterocycles. The molecule has 0 amide bonds. The van der Waals surface area contributed by atoms with E-state index in [1.165, 1.54) is 16.7 Å². The Morgan fingerprint density at radius 2 is 1.88 bits per heavy atom. The van der Waals surface area contributed by atoms with E-state index in [2.05, 4.69) is 30.1 Å². The Bertz CT molecular complexity index is 600. The molecule has 0 bridgehead atoms. The van der Waals surface area contributed by atoms with Crippen LogP contribution >= 0.6 is 0 Å². The first-order chi connectivity index (χ1) is 8.19. The molecule has 0 saturated heterocycles. The number of rotatable bonds is 1. The average Bonchev–Trinajstić information content (AvgIpc) is 2.67. The Kier molecular flexibility index (Phi) is 2.25. The van der Waals surface area contributed by atoms with Crippen LogP contribution in [0, 0.1) is 13.8 Å². The van der Waals surface area contributed by atoms with E-state index in [-0.39, 0.29) is 0 Å². The van der Waals surface area contributed by atoms with Crippen LogP contribution in [0.5, 0.6) is 0 Å². The maximum absolute atomic E-state index is 4.71. The summed E-state index contributed by atoms with van der Waals surface area (Å²) < 4.78 is 0. The summed E-state index contributed by atoms with van der Waals surface area (Å²) in [4.78, 5) is 9.37. The second-order valence-corrected chi connectivity index (χ2v) is 4.71. The fraction of sp³-hybridized carbons (Fsp3) is 0.333. The maximum Gasteiger partial charge on any atom is 0.0927 e. The second-order valence-electron chi connectivity index (χ2n) is 4.71. The van der Waals surface area contributed by atoms with Crippen LogP contribution in [0.2, 0.25) is 0 Å². The lowest BCUT2D eigenvalue weighted by Gasteiger charge is -2.05. The highest BCUT2D eigenvalue weighted by Crippen LogP contribution is 2.35. The number of aryl methyl sites for hydroxylation is 3. The van der Waals surface area contributed by atoms with Crippen molar-refractivity contribution in [2.24, 2.45) is 0 Å². The average molecular weight is 224 g/mol. The highest BCUT2D eigenvalue weighted by Gasteiger charge is 2.22. The van der Waals surface area contributed by atoms with Crippen LogP contribution in [0.1, 0.15) is 35.1 Å². The van der Waals surface area contributed by atoms with Crippen molar-refractivity contribution in [3.05, 3.63) is 46.4 Å². The number of aromatic nitrogens is 2. The van der Waals surface area contributed by atoms with Crippen LogP contribution in [0.3, 0.4) is 0 Å². The normalized spacial score (nSPS) is 12.4. The predicted molar refractivity (Wildman–Crippen MR) is 69.1 cm³/mol. The lowest BCUT2D eigenvalue weighted by atomic mass is 10.0. The molecule has 1 aromatic heterocycles. The third-order valence-corrected chi connectivity index (χ3v) is 3.57. The molecule has 0 N–H and O–H groups in total. The maximum atomic E-state index is 4.71. The van der Waals surface area contributed by atoms with Gasteiger partial charge < -0.3 is 0 Å². The Hall–Kier alpha value is -1.70. The van der Waals surface area contributed by atoms with E-state index in [4.69, 9.17) is 4.98 Å². The number of nitrogens with zero attached hydrogens (tertiary/aromatic N) is 2. The van der Waals surface area contributed by atoms with Gasteiger partial charge in [-0.3, -0.25) is 4.98 Å². The fourth-order valence-electron chi connectivity index (χ4n) is 2.39. The summed E-state index contributed by atoms with van der Waals surface area (Å²) in [5, 5.41) is 0. The monoisotopic (exact) mass is 224 g/mol. The number of hydrogen-bond donors (Lipinski definition) is 0. The zero-order valence-corrected chi connectivity index (χ0v) is 10.5. The van der Waals surface area contributed by atoms with Crippen molar-refractivity contribution in [3.8, 4) is 11.3 Å². The smallest absolute Gasteiger partial charge is 0.0927 e. The first kappa shape index (κ1) is 10.5. The van der Waals surface area contributed by atoms with Gasteiger partial charge in [-0.2, -0.15) is 0 Å². The van der Waals surface area contributed by atoms with Crippen molar-refractivity contribution in [2.75, 3.05) is 0 Å². The van der Waals surface area contributed by atoms with Crippen molar-refractivity contribution in [3.63, 3.8) is 0 Å². The summed E-state index contributed by atoms with van der Waals surface area (Å²) in [6.07, 6.45) is 2.00. The molecule has 17 heavy (non-hydrogen) atoms. The fourth-order valence-corrected chi connectivity index (χ4v) is 2.39. The lowest BCUT2D eigenvalue weighted by molar-refractivity contribution is 0.994. The van der Waals surface area contributed by atoms with Gasteiger partial charge in [0.15, 0.2) is 0 Å². The molecule has 2 nitrogen and oxygen atoms in total. The number of hydrogen-bond acceptors (Lipinski definition) is 2. The highest BCUT2D eigenvalue weighted by atomic mass is 14.8. The number of benzene rings is 1. The summed E-state index contributed by atoms with van der Waals surface area (Å²) in [5.41, 5.74) is 8.34. The van der Waals surface area contributed by atoms with Crippen LogP contribution in [-0.2, 0) is 12.8 Å². The summed E-state index contributed by atoms with van der Waals surface area (Å²) in [7, 11) is 0. The standard InChI is InChI=1S/C15H16N2/c1-4-11-5-6-12-8-14-15(13(12)7-11)17-10(3)9(2)16-14/h5-7H,4,8H2,1-3H3. The predicted octanol–water partition coefficient (Wildman–Crippen LogP) is 3.23. The quantitative estimate of drug-likeness (QED) is 0.634. The van der Waals surface area contributed by atoms with E-state index in [0.29, 0.717) is 0 Å². The van der Waals surface area contributed by atoms with E-state index in [1.807, 2.05) is 13.8 Å². The SMILES string of the molecule is CCc1ccc2c(c1)-c1nc(C)c(C)nc1C2. The van der Waals surface area contributed by atoms with Gasteiger partial charge in [0.1, 0.15) is 0 Å². The second kappa shape index (κ2) is 3.66. The third kappa shape index (κ3) is 1.55. The van der Waals surface area contributed by atoms with Gasteiger partial charge in [-0.15, -0.1) is 0 Å². The van der Waals surface area contributed by atoms with Gasteiger partial charge in [0.05, 0.1) is 22.8 Å². The van der Waals surface area contributed by atoms with Gasteiger partial charge in [0.2, 0.25) is 0 Å². The van der Waals surface area contributed by atoms with Crippen LogP contribution < -0.4 is 0 Å². The van der Waals surface area contributed by atoms with Gasteiger partial charge in [-0.1, -0.05) is 19.1 Å². The molecule has 2 aromatic rings. The molecule has 3 rings (SSSR count). The van der Waals surface area contributed by atoms with Crippen LogP contribution in [-0.4, -0.2) is 9.97 Å². The van der Waals surface area contributed by atoms with Gasteiger partial charge >= 0.3 is 0 Å². The summed E-state index contributed by atoms with van der Waals surface area (Å²) in [6, 6.07) is 6.71. The molecule has 1 heterocycles. The Balaban J connectivity index is 2.22. The zero-order chi connectivity index (χ0) is 12.0. The first-order valence-corrected chi connectivity index (χ1v) is 6.15. The minimum absolute atomic E-state index is 0.933. The molecule has 1 aliphatic rings. The minimum atomic E-state index is 0.933. The van der Waals surface area contributed by atoms with Crippen molar-refractivity contribution in [1.82, 2.24) is 9.97 Å². The topological polar surface area (TPSA) is 25.8 Å². The van der Waals surface area contributed by atoms with E-state index in [9.17, 15) is 0 Å². The molecule has 1 aliphatic carbocycles. The molecule has 0 fully saturated rings. The van der Waals surface area contributed by atoms with Crippen LogP contribution in [0.25, 0.3) is 11.3 Å². The lowest BCUT2D eigenvalue weighted by Crippen LogP contribution is -1.97. The first-order valence-electron chi connectivity index (χ1n) is 6.15. The van der Waals surface area contributed by atoms with Gasteiger partial charge in [0.25, 0.3) is 0 Å². The zero-order valence-electron chi connectivity index (χ0n) is 10.5. The van der Waals surface area contributed by atoms with Crippen molar-refractivity contribution in [1.29, 1.82) is 0 Å². The summed E-state index contributed by atoms with van der Waals surface area (Å²) in [5.74, 6) is 0. The molecule has 1 aromatic carbocycles. The van der Waals surface area contributed by atoms with Gasteiger partial charge in [-0.05, 0) is 37.5 Å². The molecule has 0 saturated carbocycles.